The molecule has 3 N–H and O–H groups in total. The van der Waals surface area contributed by atoms with E-state index in [2.05, 4.69) is 0 Å². The largest absolute Gasteiger partial charge is 0.508 e. The van der Waals surface area contributed by atoms with E-state index in [1.807, 2.05) is 54.6 Å². The zero-order chi connectivity index (χ0) is 14.8. The fourth-order valence-corrected chi connectivity index (χ4v) is 2.59. The Balaban J connectivity index is 2.12. The van der Waals surface area contributed by atoms with Crippen molar-refractivity contribution in [2.75, 3.05) is 7.11 Å². The number of benzene rings is 3. The topological polar surface area (TPSA) is 55.5 Å². The van der Waals surface area contributed by atoms with Gasteiger partial charge in [-0.25, -0.2) is 0 Å². The van der Waals surface area contributed by atoms with Crippen LogP contribution in [0.4, 0.5) is 0 Å². The minimum Gasteiger partial charge on any atom is -0.508 e. The second kappa shape index (κ2) is 5.46. The molecule has 21 heavy (non-hydrogen) atoms. The predicted molar refractivity (Wildman–Crippen MR) is 84.6 cm³/mol. The summed E-state index contributed by atoms with van der Waals surface area (Å²) in [6, 6.07) is 18.7. The van der Waals surface area contributed by atoms with Gasteiger partial charge in [0.15, 0.2) is 0 Å². The van der Waals surface area contributed by atoms with E-state index in [1.165, 1.54) is 0 Å². The molecule has 0 unspecified atom stereocenters. The van der Waals surface area contributed by atoms with Gasteiger partial charge in [0, 0.05) is 5.56 Å². The normalized spacial score (nSPS) is 12.3. The summed E-state index contributed by atoms with van der Waals surface area (Å²) >= 11 is 0. The minimum atomic E-state index is -0.387. The van der Waals surface area contributed by atoms with Gasteiger partial charge in [-0.3, -0.25) is 0 Å². The van der Waals surface area contributed by atoms with E-state index in [0.717, 1.165) is 27.6 Å². The Bertz CT molecular complexity index is 766. The molecule has 0 radical (unpaired) electrons. The van der Waals surface area contributed by atoms with Crippen molar-refractivity contribution in [3.8, 4) is 11.5 Å². The molecule has 3 aromatic carbocycles. The average Bonchev–Trinajstić information content (AvgIpc) is 2.54. The third kappa shape index (κ3) is 2.43. The number of fused-ring (bicyclic) bond motifs is 1. The number of phenolic OH excluding ortho intramolecular Hbond substituents is 1. The van der Waals surface area contributed by atoms with Gasteiger partial charge >= 0.3 is 0 Å². The molecule has 0 saturated carbocycles. The van der Waals surface area contributed by atoms with Crippen molar-refractivity contribution in [1.82, 2.24) is 0 Å². The van der Waals surface area contributed by atoms with Crippen LogP contribution >= 0.6 is 0 Å². The van der Waals surface area contributed by atoms with Crippen LogP contribution < -0.4 is 10.5 Å². The second-order valence-corrected chi connectivity index (χ2v) is 4.97. The van der Waals surface area contributed by atoms with Gasteiger partial charge in [-0.15, -0.1) is 0 Å². The fourth-order valence-electron chi connectivity index (χ4n) is 2.59. The summed E-state index contributed by atoms with van der Waals surface area (Å²) in [5.41, 5.74) is 8.06. The van der Waals surface area contributed by atoms with Crippen LogP contribution in [0, 0.1) is 0 Å². The van der Waals surface area contributed by atoms with Crippen LogP contribution in [0.25, 0.3) is 10.8 Å². The lowest BCUT2D eigenvalue weighted by Crippen LogP contribution is -2.12. The standard InChI is InChI=1S/C18H17NO2/c1-21-14-9-6-13(7-10-14)18(19)17-15-5-3-2-4-12(15)8-11-16(17)20/h2-11,18,20H,19H2,1H3/t18-/m0/s1. The second-order valence-electron chi connectivity index (χ2n) is 4.97. The summed E-state index contributed by atoms with van der Waals surface area (Å²) < 4.78 is 5.16. The number of hydrogen-bond acceptors (Lipinski definition) is 3. The first-order chi connectivity index (χ1) is 10.2. The van der Waals surface area contributed by atoms with Crippen LogP contribution in [0.1, 0.15) is 17.2 Å². The van der Waals surface area contributed by atoms with E-state index in [0.29, 0.717) is 0 Å². The molecule has 0 aliphatic rings. The Hall–Kier alpha value is -2.52. The number of ether oxygens (including phenoxy) is 1. The highest BCUT2D eigenvalue weighted by Crippen LogP contribution is 2.34. The van der Waals surface area contributed by atoms with Gasteiger partial charge in [0.1, 0.15) is 11.5 Å². The van der Waals surface area contributed by atoms with Crippen LogP contribution in [-0.2, 0) is 0 Å². The summed E-state index contributed by atoms with van der Waals surface area (Å²) in [5.74, 6) is 1.00. The molecular formula is C18H17NO2. The van der Waals surface area contributed by atoms with E-state index in [-0.39, 0.29) is 11.8 Å². The van der Waals surface area contributed by atoms with E-state index >= 15 is 0 Å². The molecule has 3 aromatic rings. The number of aromatic hydroxyl groups is 1. The average molecular weight is 279 g/mol. The Kier molecular flexibility index (Phi) is 3.50. The summed E-state index contributed by atoms with van der Waals surface area (Å²) in [4.78, 5) is 0. The van der Waals surface area contributed by atoms with Gasteiger partial charge in [-0.1, -0.05) is 42.5 Å². The monoisotopic (exact) mass is 279 g/mol. The highest BCUT2D eigenvalue weighted by atomic mass is 16.5. The maximum absolute atomic E-state index is 10.2. The number of hydrogen-bond donors (Lipinski definition) is 2. The van der Waals surface area contributed by atoms with Crippen LogP contribution in [-0.4, -0.2) is 12.2 Å². The molecule has 1 atom stereocenters. The number of rotatable bonds is 3. The van der Waals surface area contributed by atoms with Crippen molar-refractivity contribution in [2.45, 2.75) is 6.04 Å². The Morgan fingerprint density at radius 2 is 1.67 bits per heavy atom. The molecule has 0 spiro atoms. The maximum Gasteiger partial charge on any atom is 0.121 e. The zero-order valence-electron chi connectivity index (χ0n) is 11.8. The molecule has 3 rings (SSSR count). The van der Waals surface area contributed by atoms with Gasteiger partial charge < -0.3 is 15.6 Å². The first kappa shape index (κ1) is 13.5. The van der Waals surface area contributed by atoms with Gasteiger partial charge in [0.25, 0.3) is 0 Å². The lowest BCUT2D eigenvalue weighted by atomic mass is 9.93. The van der Waals surface area contributed by atoms with Crippen molar-refractivity contribution in [3.63, 3.8) is 0 Å². The third-order valence-corrected chi connectivity index (χ3v) is 3.73. The molecule has 0 bridgehead atoms. The van der Waals surface area contributed by atoms with E-state index in [4.69, 9.17) is 10.5 Å². The van der Waals surface area contributed by atoms with Gasteiger partial charge in [-0.2, -0.15) is 0 Å². The molecule has 0 aliphatic heterocycles. The van der Waals surface area contributed by atoms with Crippen molar-refractivity contribution in [3.05, 3.63) is 71.8 Å². The highest BCUT2D eigenvalue weighted by molar-refractivity contribution is 5.88. The molecule has 0 heterocycles. The van der Waals surface area contributed by atoms with Crippen molar-refractivity contribution < 1.29 is 9.84 Å². The Morgan fingerprint density at radius 1 is 0.952 bits per heavy atom. The van der Waals surface area contributed by atoms with Crippen molar-refractivity contribution in [1.29, 1.82) is 0 Å². The molecule has 106 valence electrons. The van der Waals surface area contributed by atoms with Crippen LogP contribution in [0.3, 0.4) is 0 Å². The minimum absolute atomic E-state index is 0.219. The van der Waals surface area contributed by atoms with Crippen LogP contribution in [0.15, 0.2) is 60.7 Å². The molecule has 3 heteroatoms. The van der Waals surface area contributed by atoms with E-state index < -0.39 is 0 Å². The van der Waals surface area contributed by atoms with Crippen molar-refractivity contribution >= 4 is 10.8 Å². The molecule has 0 fully saturated rings. The molecule has 0 aromatic heterocycles. The third-order valence-electron chi connectivity index (χ3n) is 3.73. The van der Waals surface area contributed by atoms with Gasteiger partial charge in [0.05, 0.1) is 13.2 Å². The molecule has 0 amide bonds. The highest BCUT2D eigenvalue weighted by Gasteiger charge is 2.16. The molecule has 0 aliphatic carbocycles. The smallest absolute Gasteiger partial charge is 0.121 e. The van der Waals surface area contributed by atoms with Crippen LogP contribution in [0.5, 0.6) is 11.5 Å². The Labute approximate surface area is 123 Å². The Morgan fingerprint density at radius 3 is 2.38 bits per heavy atom. The summed E-state index contributed by atoms with van der Waals surface area (Å²) in [6.07, 6.45) is 0. The lowest BCUT2D eigenvalue weighted by Gasteiger charge is -2.17. The first-order valence-corrected chi connectivity index (χ1v) is 6.81. The van der Waals surface area contributed by atoms with Gasteiger partial charge in [-0.05, 0) is 34.5 Å². The summed E-state index contributed by atoms with van der Waals surface area (Å²) in [6.45, 7) is 0. The number of methoxy groups -OCH3 is 1. The van der Waals surface area contributed by atoms with E-state index in [9.17, 15) is 5.11 Å². The maximum atomic E-state index is 10.2. The quantitative estimate of drug-likeness (QED) is 0.770. The van der Waals surface area contributed by atoms with Crippen molar-refractivity contribution in [2.24, 2.45) is 5.73 Å². The molecule has 3 nitrogen and oxygen atoms in total. The molecule has 0 saturated heterocycles. The number of phenols is 1. The lowest BCUT2D eigenvalue weighted by molar-refractivity contribution is 0.414. The summed E-state index contributed by atoms with van der Waals surface area (Å²) in [7, 11) is 1.63. The SMILES string of the molecule is COc1ccc([C@H](N)c2c(O)ccc3ccccc23)cc1. The fraction of sp³-hybridized carbons (Fsp3) is 0.111. The first-order valence-electron chi connectivity index (χ1n) is 6.81. The van der Waals surface area contributed by atoms with E-state index in [1.54, 1.807) is 13.2 Å². The predicted octanol–water partition coefficient (Wildman–Crippen LogP) is 3.60. The van der Waals surface area contributed by atoms with Crippen LogP contribution in [0.2, 0.25) is 0 Å². The number of nitrogens with two attached hydrogens (primary N) is 1. The zero-order valence-corrected chi connectivity index (χ0v) is 11.8. The van der Waals surface area contributed by atoms with Gasteiger partial charge in [0.2, 0.25) is 0 Å². The summed E-state index contributed by atoms with van der Waals surface area (Å²) in [5, 5.41) is 12.3. The molecular weight excluding hydrogens is 262 g/mol.